The van der Waals surface area contributed by atoms with Gasteiger partial charge >= 0.3 is 6.09 Å². The molecule has 1 heterocycles. The van der Waals surface area contributed by atoms with Crippen molar-refractivity contribution in [1.29, 1.82) is 5.26 Å². The second-order valence-electron chi connectivity index (χ2n) is 8.15. The normalized spacial score (nSPS) is 10.8. The SMILES string of the molecule is COc1ccc(Cn2nc(Cc3c(Cl)cc(N(CC#N)C(=O)O)cc3Cl)cc(C(C)C)c2=O)cc1. The molecular weight excluding hydrogens is 491 g/mol. The van der Waals surface area contributed by atoms with E-state index >= 15 is 0 Å². The fourth-order valence-corrected chi connectivity index (χ4v) is 4.18. The van der Waals surface area contributed by atoms with E-state index < -0.39 is 6.09 Å². The molecule has 1 N–H and O–H groups in total. The summed E-state index contributed by atoms with van der Waals surface area (Å²) in [7, 11) is 1.59. The van der Waals surface area contributed by atoms with Gasteiger partial charge in [0.1, 0.15) is 12.3 Å². The average molecular weight is 515 g/mol. The number of hydrogen-bond donors (Lipinski definition) is 1. The predicted molar refractivity (Wildman–Crippen MR) is 135 cm³/mol. The van der Waals surface area contributed by atoms with Gasteiger partial charge in [0.25, 0.3) is 5.56 Å². The molecule has 0 bridgehead atoms. The number of anilines is 1. The molecule has 3 aromatic rings. The summed E-state index contributed by atoms with van der Waals surface area (Å²) in [5, 5.41) is 23.3. The first kappa shape index (κ1) is 26.1. The van der Waals surface area contributed by atoms with Gasteiger partial charge in [0, 0.05) is 22.0 Å². The Bertz CT molecular complexity index is 1310. The zero-order valence-electron chi connectivity index (χ0n) is 19.5. The number of benzene rings is 2. The van der Waals surface area contributed by atoms with Gasteiger partial charge in [-0.05, 0) is 47.4 Å². The molecule has 0 radical (unpaired) electrons. The van der Waals surface area contributed by atoms with Crippen molar-refractivity contribution in [3.05, 3.63) is 85.2 Å². The Morgan fingerprint density at radius 1 is 1.20 bits per heavy atom. The van der Waals surface area contributed by atoms with Crippen molar-refractivity contribution < 1.29 is 14.6 Å². The van der Waals surface area contributed by atoms with Crippen LogP contribution < -0.4 is 15.2 Å². The van der Waals surface area contributed by atoms with Gasteiger partial charge in [0.2, 0.25) is 0 Å². The van der Waals surface area contributed by atoms with Crippen molar-refractivity contribution in [3.8, 4) is 11.8 Å². The highest BCUT2D eigenvalue weighted by Gasteiger charge is 2.19. The minimum atomic E-state index is -1.29. The van der Waals surface area contributed by atoms with Crippen LogP contribution in [0.25, 0.3) is 0 Å². The smallest absolute Gasteiger partial charge is 0.412 e. The van der Waals surface area contributed by atoms with Crippen molar-refractivity contribution in [2.24, 2.45) is 0 Å². The summed E-state index contributed by atoms with van der Waals surface area (Å²) in [4.78, 5) is 25.4. The fraction of sp³-hybridized carbons (Fsp3) is 0.280. The van der Waals surface area contributed by atoms with Gasteiger partial charge in [-0.1, -0.05) is 49.2 Å². The molecule has 0 saturated heterocycles. The van der Waals surface area contributed by atoms with Crippen LogP contribution in [0.5, 0.6) is 5.75 Å². The van der Waals surface area contributed by atoms with Gasteiger partial charge in [-0.3, -0.25) is 9.69 Å². The molecular formula is C25H24Cl2N4O4. The van der Waals surface area contributed by atoms with Crippen LogP contribution in [0.1, 0.15) is 42.1 Å². The number of nitriles is 1. The zero-order valence-corrected chi connectivity index (χ0v) is 21.0. The number of carboxylic acid groups (broad SMARTS) is 1. The molecule has 0 unspecified atom stereocenters. The summed E-state index contributed by atoms with van der Waals surface area (Å²) in [6.45, 7) is 3.78. The fourth-order valence-electron chi connectivity index (χ4n) is 3.57. The average Bonchev–Trinajstić information content (AvgIpc) is 2.81. The van der Waals surface area contributed by atoms with E-state index in [0.29, 0.717) is 16.8 Å². The standard InChI is InChI=1S/C25H24Cl2N4O4/c1-15(2)20-10-17(29-31(24(20)32)14-16-4-6-19(35-3)7-5-16)11-21-22(26)12-18(13-23(21)27)30(9-8-28)25(33)34/h4-7,10,12-13,15H,9,11,14H2,1-3H3,(H,33,34). The van der Waals surface area contributed by atoms with Gasteiger partial charge in [-0.2, -0.15) is 10.4 Å². The zero-order chi connectivity index (χ0) is 25.7. The lowest BCUT2D eigenvalue weighted by atomic mass is 10.0. The first-order chi connectivity index (χ1) is 16.6. The summed E-state index contributed by atoms with van der Waals surface area (Å²) in [5.41, 5.74) is 2.64. The number of rotatable bonds is 8. The van der Waals surface area contributed by atoms with Crippen LogP contribution in [0.4, 0.5) is 10.5 Å². The number of nitrogens with zero attached hydrogens (tertiary/aromatic N) is 4. The Morgan fingerprint density at radius 3 is 2.34 bits per heavy atom. The van der Waals surface area contributed by atoms with Gasteiger partial charge in [-0.25, -0.2) is 9.48 Å². The third-order valence-electron chi connectivity index (χ3n) is 5.42. The summed E-state index contributed by atoms with van der Waals surface area (Å²) < 4.78 is 6.61. The molecule has 1 aromatic heterocycles. The Labute approximate surface area is 212 Å². The lowest BCUT2D eigenvalue weighted by molar-refractivity contribution is 0.202. The largest absolute Gasteiger partial charge is 0.497 e. The third kappa shape index (κ3) is 6.13. The lowest BCUT2D eigenvalue weighted by Crippen LogP contribution is -2.29. The minimum Gasteiger partial charge on any atom is -0.497 e. The third-order valence-corrected chi connectivity index (χ3v) is 6.10. The molecule has 0 spiro atoms. The first-order valence-electron chi connectivity index (χ1n) is 10.7. The number of ether oxygens (including phenoxy) is 1. The van der Waals surface area contributed by atoms with E-state index in [9.17, 15) is 14.7 Å². The molecule has 182 valence electrons. The maximum absolute atomic E-state index is 13.1. The summed E-state index contributed by atoms with van der Waals surface area (Å²) >= 11 is 12.9. The molecule has 0 saturated carbocycles. The molecule has 3 rings (SSSR count). The number of methoxy groups -OCH3 is 1. The predicted octanol–water partition coefficient (Wildman–Crippen LogP) is 5.33. The Kier molecular flexibility index (Phi) is 8.39. The molecule has 8 nitrogen and oxygen atoms in total. The van der Waals surface area contributed by atoms with E-state index in [0.717, 1.165) is 16.2 Å². The minimum absolute atomic E-state index is 0.0326. The first-order valence-corrected chi connectivity index (χ1v) is 11.5. The second kappa shape index (κ2) is 11.3. The highest BCUT2D eigenvalue weighted by Crippen LogP contribution is 2.32. The number of amides is 1. The summed E-state index contributed by atoms with van der Waals surface area (Å²) in [6.07, 6.45) is -1.06. The van der Waals surface area contributed by atoms with Gasteiger partial charge < -0.3 is 9.84 Å². The molecule has 0 atom stereocenters. The van der Waals surface area contributed by atoms with E-state index in [1.807, 2.05) is 38.1 Å². The maximum Gasteiger partial charge on any atom is 0.412 e. The molecule has 1 amide bonds. The van der Waals surface area contributed by atoms with Crippen molar-refractivity contribution in [2.75, 3.05) is 18.6 Å². The van der Waals surface area contributed by atoms with E-state index in [-0.39, 0.29) is 46.7 Å². The van der Waals surface area contributed by atoms with Crippen molar-refractivity contribution in [1.82, 2.24) is 9.78 Å². The second-order valence-corrected chi connectivity index (χ2v) is 8.96. The van der Waals surface area contributed by atoms with Crippen LogP contribution >= 0.6 is 23.2 Å². The van der Waals surface area contributed by atoms with Crippen molar-refractivity contribution in [3.63, 3.8) is 0 Å². The van der Waals surface area contributed by atoms with Crippen LogP contribution in [0, 0.1) is 11.3 Å². The van der Waals surface area contributed by atoms with Gasteiger partial charge in [0.15, 0.2) is 0 Å². The van der Waals surface area contributed by atoms with Gasteiger partial charge in [0.05, 0.1) is 31.1 Å². The highest BCUT2D eigenvalue weighted by molar-refractivity contribution is 6.36. The van der Waals surface area contributed by atoms with Crippen LogP contribution in [0.15, 0.2) is 47.3 Å². The monoisotopic (exact) mass is 514 g/mol. The molecule has 2 aromatic carbocycles. The molecule has 10 heteroatoms. The van der Waals surface area contributed by atoms with E-state index in [2.05, 4.69) is 5.10 Å². The lowest BCUT2D eigenvalue weighted by Gasteiger charge is -2.18. The molecule has 0 aliphatic rings. The summed E-state index contributed by atoms with van der Waals surface area (Å²) in [5.74, 6) is 0.685. The summed E-state index contributed by atoms with van der Waals surface area (Å²) in [6, 6.07) is 13.8. The Balaban J connectivity index is 1.99. The number of aromatic nitrogens is 2. The van der Waals surface area contributed by atoms with E-state index in [1.54, 1.807) is 19.2 Å². The molecule has 0 fully saturated rings. The Hall–Kier alpha value is -3.54. The van der Waals surface area contributed by atoms with Crippen LogP contribution in [-0.4, -0.2) is 34.6 Å². The Morgan fingerprint density at radius 2 is 1.83 bits per heavy atom. The van der Waals surface area contributed by atoms with E-state index in [4.69, 9.17) is 33.2 Å². The number of halogens is 2. The topological polar surface area (TPSA) is 108 Å². The quantitative estimate of drug-likeness (QED) is 0.407. The number of hydrogen-bond acceptors (Lipinski definition) is 5. The van der Waals surface area contributed by atoms with Crippen molar-refractivity contribution in [2.45, 2.75) is 32.7 Å². The van der Waals surface area contributed by atoms with Gasteiger partial charge in [-0.15, -0.1) is 0 Å². The van der Waals surface area contributed by atoms with Crippen LogP contribution in [0.2, 0.25) is 10.0 Å². The molecule has 35 heavy (non-hydrogen) atoms. The molecule has 0 aliphatic heterocycles. The van der Waals surface area contributed by atoms with Crippen molar-refractivity contribution >= 4 is 35.0 Å². The van der Waals surface area contributed by atoms with Crippen LogP contribution in [-0.2, 0) is 13.0 Å². The maximum atomic E-state index is 13.1. The number of carbonyl (C=O) groups is 1. The van der Waals surface area contributed by atoms with E-state index in [1.165, 1.54) is 16.8 Å². The highest BCUT2D eigenvalue weighted by atomic mass is 35.5. The van der Waals surface area contributed by atoms with Crippen LogP contribution in [0.3, 0.4) is 0 Å². The molecule has 0 aliphatic carbocycles.